The minimum absolute atomic E-state index is 0.0523. The zero-order valence-corrected chi connectivity index (χ0v) is 17.3. The molecule has 0 spiro atoms. The first-order valence-electron chi connectivity index (χ1n) is 9.44. The van der Waals surface area contributed by atoms with Crippen LogP contribution in [0.5, 0.6) is 0 Å². The number of imide groups is 1. The van der Waals surface area contributed by atoms with Crippen molar-refractivity contribution >= 4 is 27.8 Å². The summed E-state index contributed by atoms with van der Waals surface area (Å²) < 4.78 is 31.6. The van der Waals surface area contributed by atoms with Crippen molar-refractivity contribution in [1.82, 2.24) is 10.2 Å². The molecule has 1 unspecified atom stereocenters. The van der Waals surface area contributed by atoms with Crippen molar-refractivity contribution in [2.24, 2.45) is 0 Å². The van der Waals surface area contributed by atoms with E-state index < -0.39 is 22.1 Å². The summed E-state index contributed by atoms with van der Waals surface area (Å²) in [4.78, 5) is 37.7. The number of fused-ring (bicyclic) bond motifs is 1. The standard InChI is InChI=1S/C20H22N2O7S/c1-30(26,27)29-12-4-11-28-10-3-6-14-5-2-7-15-16(14)13-22(20(15)25)17-8-9-18(23)21-19(17)24/h2,5,7,17H,4,8-13H2,1H3,(H,21,23,24). The Morgan fingerprint density at radius 1 is 1.23 bits per heavy atom. The van der Waals surface area contributed by atoms with E-state index in [1.165, 1.54) is 4.90 Å². The third kappa shape index (κ3) is 5.44. The molecule has 1 N–H and O–H groups in total. The fraction of sp³-hybridized carbons (Fsp3) is 0.450. The number of rotatable bonds is 7. The van der Waals surface area contributed by atoms with E-state index in [0.29, 0.717) is 30.6 Å². The number of hydrogen-bond acceptors (Lipinski definition) is 7. The maximum Gasteiger partial charge on any atom is 0.264 e. The second-order valence-electron chi connectivity index (χ2n) is 6.97. The predicted octanol–water partition coefficient (Wildman–Crippen LogP) is 0.182. The van der Waals surface area contributed by atoms with E-state index in [2.05, 4.69) is 21.3 Å². The van der Waals surface area contributed by atoms with Gasteiger partial charge in [-0.2, -0.15) is 8.42 Å². The van der Waals surface area contributed by atoms with Gasteiger partial charge in [-0.15, -0.1) is 0 Å². The Morgan fingerprint density at radius 3 is 2.77 bits per heavy atom. The zero-order chi connectivity index (χ0) is 21.7. The molecule has 3 rings (SSSR count). The number of ether oxygens (including phenoxy) is 1. The fourth-order valence-corrected chi connectivity index (χ4v) is 3.75. The highest BCUT2D eigenvalue weighted by Crippen LogP contribution is 2.29. The van der Waals surface area contributed by atoms with E-state index in [1.807, 2.05) is 0 Å². The van der Waals surface area contributed by atoms with E-state index in [4.69, 9.17) is 4.74 Å². The average molecular weight is 434 g/mol. The van der Waals surface area contributed by atoms with Crippen molar-refractivity contribution < 1.29 is 31.7 Å². The SMILES string of the molecule is CS(=O)(=O)OCCCOCC#Cc1cccc2c1CN(C1CCC(=O)NC1=O)C2=O. The lowest BCUT2D eigenvalue weighted by Gasteiger charge is -2.29. The molecule has 0 aliphatic carbocycles. The lowest BCUT2D eigenvalue weighted by molar-refractivity contribution is -0.136. The molecule has 9 nitrogen and oxygen atoms in total. The van der Waals surface area contributed by atoms with Crippen LogP contribution in [0.15, 0.2) is 18.2 Å². The summed E-state index contributed by atoms with van der Waals surface area (Å²) in [6.45, 7) is 0.762. The molecular weight excluding hydrogens is 412 g/mol. The molecule has 0 bridgehead atoms. The summed E-state index contributed by atoms with van der Waals surface area (Å²) in [6.07, 6.45) is 1.92. The molecule has 0 saturated carbocycles. The second kappa shape index (κ2) is 9.38. The lowest BCUT2D eigenvalue weighted by atomic mass is 10.0. The Morgan fingerprint density at radius 2 is 2.03 bits per heavy atom. The summed E-state index contributed by atoms with van der Waals surface area (Å²) in [5.41, 5.74) is 1.94. The Kier molecular flexibility index (Phi) is 6.87. The molecule has 0 aromatic heterocycles. The van der Waals surface area contributed by atoms with Crippen molar-refractivity contribution in [2.45, 2.75) is 31.8 Å². The average Bonchev–Trinajstić information content (AvgIpc) is 3.00. The van der Waals surface area contributed by atoms with Gasteiger partial charge in [0.1, 0.15) is 12.6 Å². The van der Waals surface area contributed by atoms with Gasteiger partial charge in [0.25, 0.3) is 16.0 Å². The quantitative estimate of drug-likeness (QED) is 0.281. The molecule has 0 radical (unpaired) electrons. The number of carbonyl (C=O) groups excluding carboxylic acids is 3. The molecule has 1 atom stereocenters. The molecule has 1 aromatic rings. The third-order valence-electron chi connectivity index (χ3n) is 4.71. The van der Waals surface area contributed by atoms with Crippen LogP contribution in [0.1, 0.15) is 40.7 Å². The van der Waals surface area contributed by atoms with Crippen LogP contribution in [0.25, 0.3) is 0 Å². The highest BCUT2D eigenvalue weighted by molar-refractivity contribution is 7.85. The molecule has 2 aliphatic rings. The Bertz CT molecular complexity index is 1020. The van der Waals surface area contributed by atoms with Gasteiger partial charge >= 0.3 is 0 Å². The Balaban J connectivity index is 1.57. The molecule has 2 heterocycles. The van der Waals surface area contributed by atoms with Gasteiger partial charge in [-0.05, 0) is 30.5 Å². The molecule has 30 heavy (non-hydrogen) atoms. The topological polar surface area (TPSA) is 119 Å². The minimum atomic E-state index is -3.44. The third-order valence-corrected chi connectivity index (χ3v) is 5.30. The highest BCUT2D eigenvalue weighted by Gasteiger charge is 2.39. The van der Waals surface area contributed by atoms with Gasteiger partial charge in [0.05, 0.1) is 19.5 Å². The van der Waals surface area contributed by atoms with Crippen LogP contribution in [0.2, 0.25) is 0 Å². The van der Waals surface area contributed by atoms with Gasteiger partial charge in [0, 0.05) is 24.1 Å². The van der Waals surface area contributed by atoms with Crippen molar-refractivity contribution in [1.29, 1.82) is 0 Å². The summed E-state index contributed by atoms with van der Waals surface area (Å²) >= 11 is 0. The smallest absolute Gasteiger partial charge is 0.264 e. The van der Waals surface area contributed by atoms with Crippen molar-refractivity contribution in [2.75, 3.05) is 26.1 Å². The van der Waals surface area contributed by atoms with E-state index in [9.17, 15) is 22.8 Å². The van der Waals surface area contributed by atoms with E-state index in [0.717, 1.165) is 11.8 Å². The maximum absolute atomic E-state index is 12.8. The first-order valence-corrected chi connectivity index (χ1v) is 11.3. The molecule has 1 saturated heterocycles. The van der Waals surface area contributed by atoms with Gasteiger partial charge in [0.2, 0.25) is 11.8 Å². The lowest BCUT2D eigenvalue weighted by Crippen LogP contribution is -2.52. The number of nitrogens with one attached hydrogen (secondary N) is 1. The van der Waals surface area contributed by atoms with Crippen molar-refractivity contribution in [3.63, 3.8) is 0 Å². The molecule has 160 valence electrons. The molecule has 1 aromatic carbocycles. The normalized spacial score (nSPS) is 18.6. The largest absolute Gasteiger partial charge is 0.369 e. The number of piperidine rings is 1. The summed E-state index contributed by atoms with van der Waals surface area (Å²) in [7, 11) is -3.44. The van der Waals surface area contributed by atoms with Gasteiger partial charge in [-0.3, -0.25) is 23.9 Å². The summed E-state index contributed by atoms with van der Waals surface area (Å²) in [6, 6.07) is 4.57. The summed E-state index contributed by atoms with van der Waals surface area (Å²) in [5, 5.41) is 2.28. The van der Waals surface area contributed by atoms with Crippen LogP contribution >= 0.6 is 0 Å². The number of hydrogen-bond donors (Lipinski definition) is 1. The van der Waals surface area contributed by atoms with Crippen LogP contribution in [0, 0.1) is 11.8 Å². The minimum Gasteiger partial charge on any atom is -0.369 e. The van der Waals surface area contributed by atoms with Gasteiger partial charge in [0.15, 0.2) is 0 Å². The van der Waals surface area contributed by atoms with Crippen LogP contribution < -0.4 is 5.32 Å². The first kappa shape index (κ1) is 22.0. The Labute approximate surface area is 174 Å². The number of nitrogens with zero attached hydrogens (tertiary/aromatic N) is 1. The Hall–Kier alpha value is -2.74. The van der Waals surface area contributed by atoms with Crippen molar-refractivity contribution in [3.8, 4) is 11.8 Å². The number of carbonyl (C=O) groups is 3. The second-order valence-corrected chi connectivity index (χ2v) is 8.61. The van der Waals surface area contributed by atoms with Gasteiger partial charge < -0.3 is 9.64 Å². The fourth-order valence-electron chi connectivity index (χ4n) is 3.33. The van der Waals surface area contributed by atoms with E-state index in [-0.39, 0.29) is 38.0 Å². The first-order chi connectivity index (χ1) is 14.3. The van der Waals surface area contributed by atoms with Crippen LogP contribution in [0.3, 0.4) is 0 Å². The summed E-state index contributed by atoms with van der Waals surface area (Å²) in [5.74, 6) is 4.84. The molecular formula is C20H22N2O7S. The van der Waals surface area contributed by atoms with E-state index in [1.54, 1.807) is 18.2 Å². The molecule has 1 fully saturated rings. The zero-order valence-electron chi connectivity index (χ0n) is 16.5. The monoisotopic (exact) mass is 434 g/mol. The van der Waals surface area contributed by atoms with Crippen molar-refractivity contribution in [3.05, 3.63) is 34.9 Å². The molecule has 3 amide bonds. The van der Waals surface area contributed by atoms with E-state index >= 15 is 0 Å². The van der Waals surface area contributed by atoms with Gasteiger partial charge in [-0.25, -0.2) is 0 Å². The maximum atomic E-state index is 12.8. The molecule has 2 aliphatic heterocycles. The predicted molar refractivity (Wildman–Crippen MR) is 106 cm³/mol. The van der Waals surface area contributed by atoms with Gasteiger partial charge in [-0.1, -0.05) is 17.9 Å². The molecule has 10 heteroatoms. The van der Waals surface area contributed by atoms with Crippen LogP contribution in [-0.4, -0.2) is 63.2 Å². The van der Waals surface area contributed by atoms with Crippen LogP contribution in [-0.2, 0) is 35.2 Å². The van der Waals surface area contributed by atoms with Crippen LogP contribution in [0.4, 0.5) is 0 Å². The number of amides is 3. The highest BCUT2D eigenvalue weighted by atomic mass is 32.2. The number of benzene rings is 1.